The number of nitrogens with zero attached hydrogens (tertiary/aromatic N) is 1. The molecule has 1 saturated heterocycles. The molecule has 2 heterocycles. The minimum absolute atomic E-state index is 0.0588. The first kappa shape index (κ1) is 22.8. The molecule has 1 aromatic heterocycles. The Morgan fingerprint density at radius 1 is 1.31 bits per heavy atom. The van der Waals surface area contributed by atoms with Crippen molar-refractivity contribution in [1.29, 1.82) is 0 Å². The zero-order valence-corrected chi connectivity index (χ0v) is 19.8. The van der Waals surface area contributed by atoms with Crippen LogP contribution < -0.4 is 14.8 Å². The molecule has 170 valence electrons. The monoisotopic (exact) mass is 493 g/mol. The summed E-state index contributed by atoms with van der Waals surface area (Å²) in [6.45, 7) is 1.30. The van der Waals surface area contributed by atoms with Crippen molar-refractivity contribution in [2.75, 3.05) is 30.7 Å². The van der Waals surface area contributed by atoms with E-state index in [1.54, 1.807) is 30.3 Å². The number of rotatable bonds is 9. The van der Waals surface area contributed by atoms with Crippen LogP contribution >= 0.6 is 23.1 Å². The van der Waals surface area contributed by atoms with E-state index in [-0.39, 0.29) is 22.7 Å². The maximum atomic E-state index is 12.7. The smallest absolute Gasteiger partial charge is 0.262 e. The first-order valence-corrected chi connectivity index (χ1v) is 13.3. The van der Waals surface area contributed by atoms with Crippen molar-refractivity contribution in [3.8, 4) is 5.75 Å². The second kappa shape index (κ2) is 10.1. The summed E-state index contributed by atoms with van der Waals surface area (Å²) in [6.07, 6.45) is 2.14. The fourth-order valence-corrected chi connectivity index (χ4v) is 6.24. The second-order valence-corrected chi connectivity index (χ2v) is 11.1. The van der Waals surface area contributed by atoms with Crippen LogP contribution in [0.5, 0.6) is 5.75 Å². The molecule has 8 nitrogen and oxygen atoms in total. The number of anilines is 1. The number of methoxy groups -OCH3 is 1. The molecule has 11 heteroatoms. The molecule has 1 fully saturated rings. The summed E-state index contributed by atoms with van der Waals surface area (Å²) < 4.78 is 40.2. The number of nitrogens with one attached hydrogen (secondary N) is 2. The predicted octanol–water partition coefficient (Wildman–Crippen LogP) is 3.49. The van der Waals surface area contributed by atoms with Crippen LogP contribution in [0.3, 0.4) is 0 Å². The zero-order chi connectivity index (χ0) is 22.6. The van der Waals surface area contributed by atoms with Crippen molar-refractivity contribution < 1.29 is 22.7 Å². The largest absolute Gasteiger partial charge is 0.497 e. The molecule has 3 aromatic rings. The lowest BCUT2D eigenvalue weighted by Crippen LogP contribution is -2.32. The lowest BCUT2D eigenvalue weighted by Gasteiger charge is -2.09. The Bertz CT molecular complexity index is 1210. The van der Waals surface area contributed by atoms with Crippen LogP contribution in [-0.2, 0) is 19.6 Å². The minimum Gasteiger partial charge on any atom is -0.497 e. The van der Waals surface area contributed by atoms with Crippen molar-refractivity contribution >= 4 is 54.9 Å². The molecule has 4 rings (SSSR count). The summed E-state index contributed by atoms with van der Waals surface area (Å²) in [4.78, 5) is 16.7. The molecule has 1 aliphatic heterocycles. The number of carbonyl (C=O) groups is 1. The van der Waals surface area contributed by atoms with Gasteiger partial charge in [-0.2, -0.15) is 0 Å². The van der Waals surface area contributed by atoms with Crippen LogP contribution in [0.15, 0.2) is 51.7 Å². The summed E-state index contributed by atoms with van der Waals surface area (Å²) in [5, 5.41) is 2.89. The number of benzene rings is 2. The van der Waals surface area contributed by atoms with Gasteiger partial charge < -0.3 is 14.8 Å². The molecule has 0 saturated carbocycles. The summed E-state index contributed by atoms with van der Waals surface area (Å²) in [7, 11) is -2.27. The molecular weight excluding hydrogens is 470 g/mol. The maximum Gasteiger partial charge on any atom is 0.262 e. The number of hydrogen-bond donors (Lipinski definition) is 2. The normalized spacial score (nSPS) is 16.2. The number of sulfonamides is 1. The van der Waals surface area contributed by atoms with E-state index in [9.17, 15) is 13.2 Å². The van der Waals surface area contributed by atoms with Crippen LogP contribution in [0.4, 0.5) is 5.69 Å². The van der Waals surface area contributed by atoms with E-state index in [4.69, 9.17) is 9.47 Å². The highest BCUT2D eigenvalue weighted by atomic mass is 32.2. The number of fused-ring (bicyclic) bond motifs is 1. The van der Waals surface area contributed by atoms with E-state index in [0.717, 1.165) is 34.0 Å². The fourth-order valence-electron chi connectivity index (χ4n) is 3.22. The highest BCUT2D eigenvalue weighted by Gasteiger charge is 2.18. The molecule has 1 unspecified atom stereocenters. The third-order valence-electron chi connectivity index (χ3n) is 4.85. The van der Waals surface area contributed by atoms with E-state index in [1.165, 1.54) is 42.3 Å². The third kappa shape index (κ3) is 5.71. The molecule has 2 aromatic carbocycles. The van der Waals surface area contributed by atoms with Gasteiger partial charge in [-0.05, 0) is 43.2 Å². The average Bonchev–Trinajstić information content (AvgIpc) is 3.45. The van der Waals surface area contributed by atoms with E-state index in [0.29, 0.717) is 18.0 Å². The van der Waals surface area contributed by atoms with E-state index in [1.807, 2.05) is 0 Å². The van der Waals surface area contributed by atoms with Crippen LogP contribution in [0.2, 0.25) is 0 Å². The molecule has 0 aliphatic carbocycles. The average molecular weight is 494 g/mol. The van der Waals surface area contributed by atoms with Crippen LogP contribution in [-0.4, -0.2) is 51.4 Å². The summed E-state index contributed by atoms with van der Waals surface area (Å²) in [6, 6.07) is 11.5. The number of aromatic nitrogens is 1. The topological polar surface area (TPSA) is 107 Å². The molecule has 1 amide bonds. The van der Waals surface area contributed by atoms with Crippen molar-refractivity contribution in [2.24, 2.45) is 0 Å². The standard InChI is InChI=1S/C21H23N3O5S3/c1-28-15-4-2-6-17(11-15)32(26,27)24-14-7-8-18-19(10-14)31-21(23-18)30-13-20(25)22-12-16-5-3-9-29-16/h2,4,6-8,10-11,16,24H,3,5,9,12-13H2,1H3,(H,22,25). The number of ether oxygens (including phenoxy) is 2. The number of amides is 1. The quantitative estimate of drug-likeness (QED) is 0.440. The van der Waals surface area contributed by atoms with Crippen molar-refractivity contribution in [3.63, 3.8) is 0 Å². The van der Waals surface area contributed by atoms with Crippen molar-refractivity contribution in [3.05, 3.63) is 42.5 Å². The Balaban J connectivity index is 1.38. The van der Waals surface area contributed by atoms with Crippen LogP contribution in [0.1, 0.15) is 12.8 Å². The van der Waals surface area contributed by atoms with E-state index in [2.05, 4.69) is 15.0 Å². The Hall–Kier alpha value is -2.34. The molecule has 0 bridgehead atoms. The second-order valence-electron chi connectivity index (χ2n) is 7.17. The number of thioether (sulfide) groups is 1. The van der Waals surface area contributed by atoms with Gasteiger partial charge in [-0.3, -0.25) is 9.52 Å². The van der Waals surface area contributed by atoms with Crippen LogP contribution in [0.25, 0.3) is 10.2 Å². The Morgan fingerprint density at radius 2 is 2.19 bits per heavy atom. The minimum atomic E-state index is -3.76. The molecule has 1 atom stereocenters. The predicted molar refractivity (Wildman–Crippen MR) is 126 cm³/mol. The number of thiazole rings is 1. The van der Waals surface area contributed by atoms with Gasteiger partial charge in [0.2, 0.25) is 5.91 Å². The lowest BCUT2D eigenvalue weighted by molar-refractivity contribution is -0.119. The lowest BCUT2D eigenvalue weighted by atomic mass is 10.2. The van der Waals surface area contributed by atoms with Crippen molar-refractivity contribution in [2.45, 2.75) is 28.2 Å². The highest BCUT2D eigenvalue weighted by Crippen LogP contribution is 2.32. The number of carbonyl (C=O) groups excluding carboxylic acids is 1. The van der Waals surface area contributed by atoms with E-state index < -0.39 is 10.0 Å². The van der Waals surface area contributed by atoms with Gasteiger partial charge in [0, 0.05) is 19.2 Å². The maximum absolute atomic E-state index is 12.7. The summed E-state index contributed by atoms with van der Waals surface area (Å²) in [5.74, 6) is 0.672. The van der Waals surface area contributed by atoms with Gasteiger partial charge in [0.25, 0.3) is 10.0 Å². The Labute approximate surface area is 194 Å². The Morgan fingerprint density at radius 3 is 2.97 bits per heavy atom. The molecule has 2 N–H and O–H groups in total. The molecule has 0 spiro atoms. The van der Waals surface area contributed by atoms with Crippen LogP contribution in [0, 0.1) is 0 Å². The summed E-state index contributed by atoms with van der Waals surface area (Å²) >= 11 is 2.78. The van der Waals surface area contributed by atoms with Gasteiger partial charge in [0.15, 0.2) is 4.34 Å². The number of hydrogen-bond acceptors (Lipinski definition) is 8. The van der Waals surface area contributed by atoms with Gasteiger partial charge in [0.1, 0.15) is 5.75 Å². The first-order valence-electron chi connectivity index (χ1n) is 10.0. The van der Waals surface area contributed by atoms with Gasteiger partial charge >= 0.3 is 0 Å². The van der Waals surface area contributed by atoms with E-state index >= 15 is 0 Å². The van der Waals surface area contributed by atoms with Crippen molar-refractivity contribution in [1.82, 2.24) is 10.3 Å². The molecule has 32 heavy (non-hydrogen) atoms. The highest BCUT2D eigenvalue weighted by molar-refractivity contribution is 8.01. The van der Waals surface area contributed by atoms with Gasteiger partial charge in [-0.25, -0.2) is 13.4 Å². The fraction of sp³-hybridized carbons (Fsp3) is 0.333. The Kier molecular flexibility index (Phi) is 7.19. The SMILES string of the molecule is COc1cccc(S(=O)(=O)Nc2ccc3nc(SCC(=O)NCC4CCCO4)sc3c2)c1. The van der Waals surface area contributed by atoms with Gasteiger partial charge in [-0.1, -0.05) is 17.8 Å². The van der Waals surface area contributed by atoms with Gasteiger partial charge in [0.05, 0.1) is 39.8 Å². The van der Waals surface area contributed by atoms with Gasteiger partial charge in [-0.15, -0.1) is 11.3 Å². The first-order chi connectivity index (χ1) is 15.4. The third-order valence-corrected chi connectivity index (χ3v) is 8.39. The summed E-state index contributed by atoms with van der Waals surface area (Å²) in [5.41, 5.74) is 1.19. The molecule has 0 radical (unpaired) electrons. The zero-order valence-electron chi connectivity index (χ0n) is 17.4. The molecule has 1 aliphatic rings. The molecular formula is C21H23N3O5S3.